The number of rotatable bonds is 3. The molecule has 1 saturated carbocycles. The molecule has 2 amide bonds. The first-order chi connectivity index (χ1) is 9.49. The monoisotopic (exact) mass is 282 g/mol. The number of piperidine rings is 1. The van der Waals surface area contributed by atoms with Gasteiger partial charge in [-0.1, -0.05) is 19.8 Å². The number of amides is 2. The number of likely N-dealkylation sites (tertiary alicyclic amines) is 1. The van der Waals surface area contributed by atoms with Gasteiger partial charge < -0.3 is 14.9 Å². The molecule has 1 aliphatic heterocycles. The second-order valence-electron chi connectivity index (χ2n) is 6.35. The van der Waals surface area contributed by atoms with Crippen LogP contribution in [0.4, 0.5) is 4.79 Å². The maximum Gasteiger partial charge on any atom is 0.326 e. The minimum Gasteiger partial charge on any atom is -0.480 e. The van der Waals surface area contributed by atoms with Crippen molar-refractivity contribution < 1.29 is 14.7 Å². The SMILES string of the molecule is CCC(C(=O)O)N(C)C(=O)N1CCC2(CCCC2)CC1. The van der Waals surface area contributed by atoms with Gasteiger partial charge in [0, 0.05) is 20.1 Å². The first kappa shape index (κ1) is 15.1. The van der Waals surface area contributed by atoms with Crippen molar-refractivity contribution in [1.82, 2.24) is 9.80 Å². The van der Waals surface area contributed by atoms with Crippen molar-refractivity contribution in [3.63, 3.8) is 0 Å². The van der Waals surface area contributed by atoms with Crippen molar-refractivity contribution in [2.75, 3.05) is 20.1 Å². The summed E-state index contributed by atoms with van der Waals surface area (Å²) >= 11 is 0. The molecule has 2 fully saturated rings. The Morgan fingerprint density at radius 1 is 1.20 bits per heavy atom. The molecule has 0 radical (unpaired) electrons. The fraction of sp³-hybridized carbons (Fsp3) is 0.867. The first-order valence-corrected chi connectivity index (χ1v) is 7.74. The van der Waals surface area contributed by atoms with E-state index in [9.17, 15) is 9.59 Å². The van der Waals surface area contributed by atoms with Gasteiger partial charge in [0.15, 0.2) is 0 Å². The number of carbonyl (C=O) groups excluding carboxylic acids is 1. The summed E-state index contributed by atoms with van der Waals surface area (Å²) < 4.78 is 0. The minimum atomic E-state index is -0.923. The molecule has 1 unspecified atom stereocenters. The molecule has 0 aromatic rings. The standard InChI is InChI=1S/C15H26N2O3/c1-3-12(13(18)19)16(2)14(20)17-10-8-15(9-11-17)6-4-5-7-15/h12H,3-11H2,1-2H3,(H,18,19). The Hall–Kier alpha value is -1.26. The molecule has 2 rings (SSSR count). The highest BCUT2D eigenvalue weighted by Crippen LogP contribution is 2.46. The predicted molar refractivity (Wildman–Crippen MR) is 76.6 cm³/mol. The average molecular weight is 282 g/mol. The van der Waals surface area contributed by atoms with Gasteiger partial charge in [-0.05, 0) is 37.5 Å². The molecule has 5 heteroatoms. The number of carbonyl (C=O) groups is 2. The summed E-state index contributed by atoms with van der Waals surface area (Å²) in [4.78, 5) is 26.8. The normalized spacial score (nSPS) is 22.8. The Morgan fingerprint density at radius 2 is 1.75 bits per heavy atom. The Morgan fingerprint density at radius 3 is 2.20 bits per heavy atom. The number of aliphatic carboxylic acids is 1. The number of hydrogen-bond acceptors (Lipinski definition) is 2. The quantitative estimate of drug-likeness (QED) is 0.865. The van der Waals surface area contributed by atoms with E-state index < -0.39 is 12.0 Å². The Labute approximate surface area is 120 Å². The highest BCUT2D eigenvalue weighted by Gasteiger charge is 2.39. The fourth-order valence-corrected chi connectivity index (χ4v) is 3.77. The van der Waals surface area contributed by atoms with Gasteiger partial charge in [-0.3, -0.25) is 0 Å². The smallest absolute Gasteiger partial charge is 0.326 e. The van der Waals surface area contributed by atoms with E-state index in [2.05, 4.69) is 0 Å². The topological polar surface area (TPSA) is 60.9 Å². The lowest BCUT2D eigenvalue weighted by atomic mass is 9.77. The van der Waals surface area contributed by atoms with Crippen molar-refractivity contribution in [1.29, 1.82) is 0 Å². The van der Waals surface area contributed by atoms with Crippen LogP contribution in [0, 0.1) is 5.41 Å². The summed E-state index contributed by atoms with van der Waals surface area (Å²) in [6.45, 7) is 3.35. The number of carboxylic acids is 1. The molecule has 0 aromatic carbocycles. The van der Waals surface area contributed by atoms with E-state index in [1.54, 1.807) is 14.0 Å². The summed E-state index contributed by atoms with van der Waals surface area (Å²) in [7, 11) is 1.60. The number of nitrogens with zero attached hydrogens (tertiary/aromatic N) is 2. The molecular formula is C15H26N2O3. The molecule has 20 heavy (non-hydrogen) atoms. The molecule has 5 nitrogen and oxygen atoms in total. The van der Waals surface area contributed by atoms with Crippen LogP contribution < -0.4 is 0 Å². The lowest BCUT2D eigenvalue weighted by molar-refractivity contribution is -0.142. The summed E-state index contributed by atoms with van der Waals surface area (Å²) in [6, 6.07) is -0.850. The summed E-state index contributed by atoms with van der Waals surface area (Å²) in [5, 5.41) is 9.15. The average Bonchev–Trinajstić information content (AvgIpc) is 2.87. The first-order valence-electron chi connectivity index (χ1n) is 7.74. The second-order valence-corrected chi connectivity index (χ2v) is 6.35. The van der Waals surface area contributed by atoms with Gasteiger partial charge in [-0.25, -0.2) is 9.59 Å². The maximum absolute atomic E-state index is 12.4. The lowest BCUT2D eigenvalue weighted by Gasteiger charge is -2.41. The summed E-state index contributed by atoms with van der Waals surface area (Å²) in [6.07, 6.45) is 7.85. The summed E-state index contributed by atoms with van der Waals surface area (Å²) in [5.74, 6) is -0.923. The third kappa shape index (κ3) is 2.91. The molecule has 1 N–H and O–H groups in total. The van der Waals surface area contributed by atoms with Gasteiger partial charge in [-0.15, -0.1) is 0 Å². The van der Waals surface area contributed by atoms with Crippen LogP contribution >= 0.6 is 0 Å². The van der Waals surface area contributed by atoms with E-state index in [1.165, 1.54) is 30.6 Å². The van der Waals surface area contributed by atoms with Crippen molar-refractivity contribution in [2.45, 2.75) is 57.9 Å². The van der Waals surface area contributed by atoms with Crippen molar-refractivity contribution in [2.24, 2.45) is 5.41 Å². The van der Waals surface area contributed by atoms with Gasteiger partial charge in [0.2, 0.25) is 0 Å². The predicted octanol–water partition coefficient (Wildman–Crippen LogP) is 2.56. The third-order valence-corrected chi connectivity index (χ3v) is 5.20. The van der Waals surface area contributed by atoms with Gasteiger partial charge in [0.25, 0.3) is 0 Å². The number of likely N-dealkylation sites (N-methyl/N-ethyl adjacent to an activating group) is 1. The molecule has 1 atom stereocenters. The van der Waals surface area contributed by atoms with Crippen molar-refractivity contribution in [3.05, 3.63) is 0 Å². The zero-order valence-corrected chi connectivity index (χ0v) is 12.6. The Bertz CT molecular complexity index is 367. The molecule has 1 saturated heterocycles. The lowest BCUT2D eigenvalue weighted by Crippen LogP contribution is -2.52. The molecule has 0 aromatic heterocycles. The van der Waals surface area contributed by atoms with E-state index in [-0.39, 0.29) is 6.03 Å². The van der Waals surface area contributed by atoms with Gasteiger partial charge in [0.05, 0.1) is 0 Å². The maximum atomic E-state index is 12.4. The van der Waals surface area contributed by atoms with E-state index in [0.29, 0.717) is 11.8 Å². The van der Waals surface area contributed by atoms with Gasteiger partial charge in [-0.2, -0.15) is 0 Å². The second kappa shape index (κ2) is 6.02. The molecule has 1 heterocycles. The highest BCUT2D eigenvalue weighted by atomic mass is 16.4. The van der Waals surface area contributed by atoms with E-state index in [1.807, 2.05) is 4.90 Å². The largest absolute Gasteiger partial charge is 0.480 e. The van der Waals surface area contributed by atoms with Crippen molar-refractivity contribution in [3.8, 4) is 0 Å². The van der Waals surface area contributed by atoms with Crippen LogP contribution in [-0.2, 0) is 4.79 Å². The van der Waals surface area contributed by atoms with Gasteiger partial charge in [0.1, 0.15) is 6.04 Å². The van der Waals surface area contributed by atoms with E-state index >= 15 is 0 Å². The molecular weight excluding hydrogens is 256 g/mol. The van der Waals surface area contributed by atoms with E-state index in [4.69, 9.17) is 5.11 Å². The highest BCUT2D eigenvalue weighted by molar-refractivity contribution is 5.82. The molecule has 1 aliphatic carbocycles. The zero-order valence-electron chi connectivity index (χ0n) is 12.6. The third-order valence-electron chi connectivity index (χ3n) is 5.20. The number of urea groups is 1. The van der Waals surface area contributed by atoms with Gasteiger partial charge >= 0.3 is 12.0 Å². The van der Waals surface area contributed by atoms with Crippen molar-refractivity contribution >= 4 is 12.0 Å². The molecule has 2 aliphatic rings. The van der Waals surface area contributed by atoms with Crippen LogP contribution in [0.25, 0.3) is 0 Å². The Balaban J connectivity index is 1.92. The van der Waals surface area contributed by atoms with E-state index in [0.717, 1.165) is 25.9 Å². The number of hydrogen-bond donors (Lipinski definition) is 1. The van der Waals surface area contributed by atoms with Crippen LogP contribution in [0.3, 0.4) is 0 Å². The molecule has 114 valence electrons. The fourth-order valence-electron chi connectivity index (χ4n) is 3.77. The minimum absolute atomic E-state index is 0.132. The summed E-state index contributed by atoms with van der Waals surface area (Å²) in [5.41, 5.74) is 0.478. The van der Waals surface area contributed by atoms with Crippen LogP contribution in [0.1, 0.15) is 51.9 Å². The van der Waals surface area contributed by atoms with Crippen LogP contribution in [-0.4, -0.2) is 53.1 Å². The van der Waals surface area contributed by atoms with Crippen LogP contribution in [0.15, 0.2) is 0 Å². The van der Waals surface area contributed by atoms with Crippen LogP contribution in [0.5, 0.6) is 0 Å². The molecule has 0 bridgehead atoms. The Kier molecular flexibility index (Phi) is 4.55. The van der Waals surface area contributed by atoms with Crippen LogP contribution in [0.2, 0.25) is 0 Å². The molecule has 1 spiro atoms. The number of carboxylic acid groups (broad SMARTS) is 1. The zero-order chi connectivity index (χ0) is 14.8.